The van der Waals surface area contributed by atoms with Gasteiger partial charge >= 0.3 is 12.0 Å². The molecule has 7 heteroatoms. The number of H-pyrrole nitrogens is 1. The van der Waals surface area contributed by atoms with Crippen LogP contribution < -0.4 is 10.6 Å². The lowest BCUT2D eigenvalue weighted by atomic mass is 9.88. The summed E-state index contributed by atoms with van der Waals surface area (Å²) in [5.41, 5.74) is 0.00463. The van der Waals surface area contributed by atoms with Crippen molar-refractivity contribution in [1.82, 2.24) is 20.6 Å². The van der Waals surface area contributed by atoms with Crippen LogP contribution in [-0.4, -0.2) is 40.2 Å². The lowest BCUT2D eigenvalue weighted by Crippen LogP contribution is -2.45. The molecule has 0 radical (unpaired) electrons. The van der Waals surface area contributed by atoms with Gasteiger partial charge < -0.3 is 20.7 Å². The molecule has 1 heterocycles. The summed E-state index contributed by atoms with van der Waals surface area (Å²) in [4.78, 5) is 29.4. The van der Waals surface area contributed by atoms with E-state index < -0.39 is 11.4 Å². The minimum atomic E-state index is -0.930. The van der Waals surface area contributed by atoms with Crippen molar-refractivity contribution < 1.29 is 14.7 Å². The fourth-order valence-electron chi connectivity index (χ4n) is 1.42. The quantitative estimate of drug-likeness (QED) is 0.585. The van der Waals surface area contributed by atoms with Crippen molar-refractivity contribution in [1.29, 1.82) is 0 Å². The van der Waals surface area contributed by atoms with Crippen LogP contribution in [0.1, 0.15) is 26.0 Å². The third-order valence-corrected chi connectivity index (χ3v) is 3.17. The van der Waals surface area contributed by atoms with E-state index in [0.29, 0.717) is 19.4 Å². The van der Waals surface area contributed by atoms with E-state index in [0.717, 1.165) is 5.69 Å². The Morgan fingerprint density at radius 2 is 2.21 bits per heavy atom. The maximum absolute atomic E-state index is 11.5. The molecule has 2 amide bonds. The van der Waals surface area contributed by atoms with E-state index in [-0.39, 0.29) is 12.6 Å². The highest BCUT2D eigenvalue weighted by Gasteiger charge is 2.31. The number of amides is 2. The van der Waals surface area contributed by atoms with Gasteiger partial charge in [-0.3, -0.25) is 4.79 Å². The number of carbonyl (C=O) groups excluding carboxylic acids is 1. The highest BCUT2D eigenvalue weighted by Crippen LogP contribution is 2.19. The van der Waals surface area contributed by atoms with Crippen LogP contribution in [0.3, 0.4) is 0 Å². The highest BCUT2D eigenvalue weighted by atomic mass is 16.4. The molecule has 0 fully saturated rings. The second-order valence-electron chi connectivity index (χ2n) is 4.66. The van der Waals surface area contributed by atoms with Gasteiger partial charge in [0.25, 0.3) is 0 Å². The van der Waals surface area contributed by atoms with Crippen LogP contribution in [0.4, 0.5) is 4.79 Å². The highest BCUT2D eigenvalue weighted by molar-refractivity contribution is 5.77. The van der Waals surface area contributed by atoms with Gasteiger partial charge in [-0.1, -0.05) is 6.92 Å². The van der Waals surface area contributed by atoms with Crippen LogP contribution in [0.5, 0.6) is 0 Å². The van der Waals surface area contributed by atoms with Crippen molar-refractivity contribution in [3.63, 3.8) is 0 Å². The molecule has 4 N–H and O–H groups in total. The summed E-state index contributed by atoms with van der Waals surface area (Å²) in [6, 6.07) is -0.361. The predicted octanol–water partition coefficient (Wildman–Crippen LogP) is 0.752. The number of nitrogens with zero attached hydrogens (tertiary/aromatic N) is 1. The molecule has 0 saturated carbocycles. The first kappa shape index (κ1) is 15.0. The monoisotopic (exact) mass is 268 g/mol. The van der Waals surface area contributed by atoms with Crippen molar-refractivity contribution in [3.05, 3.63) is 18.2 Å². The van der Waals surface area contributed by atoms with Crippen molar-refractivity contribution in [3.8, 4) is 0 Å². The molecule has 0 spiro atoms. The van der Waals surface area contributed by atoms with Crippen LogP contribution in [0.25, 0.3) is 0 Å². The third-order valence-electron chi connectivity index (χ3n) is 3.17. The Labute approximate surface area is 111 Å². The number of carboxylic acids is 1. The van der Waals surface area contributed by atoms with Crippen molar-refractivity contribution in [2.45, 2.75) is 26.7 Å². The summed E-state index contributed by atoms with van der Waals surface area (Å²) in [5, 5.41) is 14.3. The lowest BCUT2D eigenvalue weighted by molar-refractivity contribution is -0.147. The maximum Gasteiger partial charge on any atom is 0.314 e. The number of hydrogen-bond donors (Lipinski definition) is 4. The molecule has 0 aliphatic rings. The summed E-state index contributed by atoms with van der Waals surface area (Å²) in [6.45, 7) is 3.96. The Balaban J connectivity index is 2.26. The number of aromatic nitrogens is 2. The Hall–Kier alpha value is -2.05. The van der Waals surface area contributed by atoms with Crippen LogP contribution in [0, 0.1) is 5.41 Å². The average molecular weight is 268 g/mol. The molecule has 1 aromatic heterocycles. The van der Waals surface area contributed by atoms with Crippen LogP contribution in [0.2, 0.25) is 0 Å². The number of aliphatic carboxylic acids is 1. The molecule has 1 rings (SSSR count). The van der Waals surface area contributed by atoms with Gasteiger partial charge in [-0.2, -0.15) is 0 Å². The number of carbonyl (C=O) groups is 2. The van der Waals surface area contributed by atoms with Crippen molar-refractivity contribution >= 4 is 12.0 Å². The first-order chi connectivity index (χ1) is 8.98. The number of urea groups is 1. The van der Waals surface area contributed by atoms with Crippen LogP contribution >= 0.6 is 0 Å². The van der Waals surface area contributed by atoms with E-state index in [1.54, 1.807) is 26.4 Å². The number of aromatic amines is 1. The van der Waals surface area contributed by atoms with Gasteiger partial charge in [-0.15, -0.1) is 0 Å². The van der Waals surface area contributed by atoms with E-state index in [9.17, 15) is 9.59 Å². The molecule has 1 aromatic rings. The summed E-state index contributed by atoms with van der Waals surface area (Å²) in [6.07, 6.45) is 4.38. The van der Waals surface area contributed by atoms with Gasteiger partial charge in [0, 0.05) is 31.4 Å². The molecule has 0 aliphatic carbocycles. The van der Waals surface area contributed by atoms with Gasteiger partial charge in [-0.05, 0) is 13.3 Å². The molecule has 106 valence electrons. The summed E-state index contributed by atoms with van der Waals surface area (Å²) in [5.74, 6) is -0.909. The lowest BCUT2D eigenvalue weighted by Gasteiger charge is -2.23. The average Bonchev–Trinajstić information content (AvgIpc) is 2.89. The summed E-state index contributed by atoms with van der Waals surface area (Å²) < 4.78 is 0. The number of rotatable bonds is 7. The normalized spacial score (nSPS) is 13.6. The fraction of sp³-hybridized carbons (Fsp3) is 0.583. The molecular formula is C12H20N4O3. The third kappa shape index (κ3) is 4.61. The Kier molecular flexibility index (Phi) is 5.35. The zero-order valence-electron chi connectivity index (χ0n) is 11.2. The van der Waals surface area contributed by atoms with E-state index in [1.807, 2.05) is 0 Å². The first-order valence-corrected chi connectivity index (χ1v) is 6.20. The Morgan fingerprint density at radius 1 is 1.47 bits per heavy atom. The Bertz CT molecular complexity index is 419. The van der Waals surface area contributed by atoms with Crippen molar-refractivity contribution in [2.75, 3.05) is 13.1 Å². The second-order valence-corrected chi connectivity index (χ2v) is 4.66. The molecule has 0 saturated heterocycles. The Morgan fingerprint density at radius 3 is 2.74 bits per heavy atom. The zero-order valence-corrected chi connectivity index (χ0v) is 11.2. The first-order valence-electron chi connectivity index (χ1n) is 6.20. The molecule has 0 aromatic carbocycles. The van der Waals surface area contributed by atoms with E-state index in [1.165, 1.54) is 0 Å². The molecule has 7 nitrogen and oxygen atoms in total. The van der Waals surface area contributed by atoms with Gasteiger partial charge in [0.15, 0.2) is 0 Å². The maximum atomic E-state index is 11.5. The van der Waals surface area contributed by atoms with Gasteiger partial charge in [0.05, 0.1) is 11.7 Å². The number of imidazole rings is 1. The van der Waals surface area contributed by atoms with Gasteiger partial charge in [-0.25, -0.2) is 9.78 Å². The summed E-state index contributed by atoms with van der Waals surface area (Å²) in [7, 11) is 0. The smallest absolute Gasteiger partial charge is 0.314 e. The molecular weight excluding hydrogens is 248 g/mol. The molecule has 1 atom stereocenters. The van der Waals surface area contributed by atoms with Crippen LogP contribution in [0.15, 0.2) is 12.5 Å². The van der Waals surface area contributed by atoms with E-state index >= 15 is 0 Å². The summed E-state index contributed by atoms with van der Waals surface area (Å²) >= 11 is 0. The molecule has 0 bridgehead atoms. The number of hydrogen-bond acceptors (Lipinski definition) is 3. The predicted molar refractivity (Wildman–Crippen MR) is 69.7 cm³/mol. The molecule has 0 aliphatic heterocycles. The van der Waals surface area contributed by atoms with Gasteiger partial charge in [0.2, 0.25) is 0 Å². The standard InChI is InChI=1S/C12H20N4O3/c1-3-12(2,10(17)18)7-15-11(19)14-5-4-9-6-13-8-16-9/h6,8H,3-5,7H2,1-2H3,(H,13,16)(H,17,18)(H2,14,15,19). The topological polar surface area (TPSA) is 107 Å². The molecule has 19 heavy (non-hydrogen) atoms. The molecule has 1 unspecified atom stereocenters. The number of carboxylic acid groups (broad SMARTS) is 1. The fourth-order valence-corrected chi connectivity index (χ4v) is 1.42. The van der Waals surface area contributed by atoms with Crippen LogP contribution in [-0.2, 0) is 11.2 Å². The van der Waals surface area contributed by atoms with E-state index in [2.05, 4.69) is 20.6 Å². The largest absolute Gasteiger partial charge is 0.481 e. The SMILES string of the molecule is CCC(C)(CNC(=O)NCCc1cnc[nH]1)C(=O)O. The van der Waals surface area contributed by atoms with Gasteiger partial charge in [0.1, 0.15) is 0 Å². The van der Waals surface area contributed by atoms with E-state index in [4.69, 9.17) is 5.11 Å². The minimum absolute atomic E-state index is 0.106. The van der Waals surface area contributed by atoms with Crippen molar-refractivity contribution in [2.24, 2.45) is 5.41 Å². The number of nitrogens with one attached hydrogen (secondary N) is 3. The second kappa shape index (κ2) is 6.77. The minimum Gasteiger partial charge on any atom is -0.481 e. The zero-order chi connectivity index (χ0) is 14.3.